The second-order valence-corrected chi connectivity index (χ2v) is 6.71. The Morgan fingerprint density at radius 3 is 2.29 bits per heavy atom. The first-order valence-electron chi connectivity index (χ1n) is 7.12. The van der Waals surface area contributed by atoms with Gasteiger partial charge < -0.3 is 4.52 Å². The van der Waals surface area contributed by atoms with E-state index in [0.717, 1.165) is 5.56 Å². The largest absolute Gasteiger partial charge is 0.360 e. The number of primary sulfonamides is 1. The Morgan fingerprint density at radius 2 is 1.67 bits per heavy atom. The smallest absolute Gasteiger partial charge is 0.238 e. The molecule has 3 rings (SSSR count). The van der Waals surface area contributed by atoms with Crippen molar-refractivity contribution in [3.63, 3.8) is 0 Å². The summed E-state index contributed by atoms with van der Waals surface area (Å²) in [5.74, 6) is 6.67. The normalized spacial score (nSPS) is 10.9. The van der Waals surface area contributed by atoms with Crippen LogP contribution in [0.2, 0.25) is 0 Å². The predicted octanol–water partition coefficient (Wildman–Crippen LogP) is 2.70. The summed E-state index contributed by atoms with van der Waals surface area (Å²) in [6.45, 7) is 1.80. The fraction of sp³-hybridized carbons (Fsp3) is 0.0556. The fourth-order valence-electron chi connectivity index (χ4n) is 2.18. The second kappa shape index (κ2) is 6.32. The highest BCUT2D eigenvalue weighted by Crippen LogP contribution is 2.24. The summed E-state index contributed by atoms with van der Waals surface area (Å²) in [5.41, 5.74) is 2.98. The molecule has 0 atom stereocenters. The Kier molecular flexibility index (Phi) is 4.21. The van der Waals surface area contributed by atoms with Gasteiger partial charge in [-0.15, -0.1) is 0 Å². The van der Waals surface area contributed by atoms with E-state index in [-0.39, 0.29) is 4.90 Å². The average Bonchev–Trinajstić information content (AvgIpc) is 2.94. The van der Waals surface area contributed by atoms with Gasteiger partial charge in [-0.3, -0.25) is 0 Å². The molecule has 24 heavy (non-hydrogen) atoms. The molecule has 0 spiro atoms. The van der Waals surface area contributed by atoms with E-state index in [4.69, 9.17) is 9.66 Å². The molecular formula is C18H14N2O3S. The third kappa shape index (κ3) is 3.38. The second-order valence-electron chi connectivity index (χ2n) is 5.15. The number of benzene rings is 2. The molecule has 6 heteroatoms. The Hall–Kier alpha value is -2.88. The number of nitrogens with zero attached hydrogens (tertiary/aromatic N) is 1. The molecule has 1 aromatic heterocycles. The number of rotatable bonds is 2. The third-order valence-corrected chi connectivity index (χ3v) is 4.35. The van der Waals surface area contributed by atoms with Crippen molar-refractivity contribution in [3.05, 3.63) is 71.5 Å². The van der Waals surface area contributed by atoms with Gasteiger partial charge in [-0.1, -0.05) is 47.3 Å². The zero-order valence-corrected chi connectivity index (χ0v) is 13.7. The average molecular weight is 338 g/mol. The molecule has 0 fully saturated rings. The zero-order chi connectivity index (χ0) is 17.2. The molecule has 120 valence electrons. The van der Waals surface area contributed by atoms with Crippen molar-refractivity contribution in [1.29, 1.82) is 0 Å². The van der Waals surface area contributed by atoms with Crippen molar-refractivity contribution in [2.24, 2.45) is 5.14 Å². The fourth-order valence-corrected chi connectivity index (χ4v) is 2.69. The number of aryl methyl sites for hydroxylation is 1. The van der Waals surface area contributed by atoms with Gasteiger partial charge in [0.1, 0.15) is 11.5 Å². The SMILES string of the molecule is Cc1onc(-c2ccccc2)c1C#Cc1ccc(S(N)(=O)=O)cc1. The summed E-state index contributed by atoms with van der Waals surface area (Å²) >= 11 is 0. The van der Waals surface area contributed by atoms with Crippen molar-refractivity contribution in [2.75, 3.05) is 0 Å². The third-order valence-electron chi connectivity index (χ3n) is 3.42. The zero-order valence-electron chi connectivity index (χ0n) is 12.9. The summed E-state index contributed by atoms with van der Waals surface area (Å²) in [5, 5.41) is 9.15. The maximum Gasteiger partial charge on any atom is 0.238 e. The van der Waals surface area contributed by atoms with E-state index in [1.54, 1.807) is 19.1 Å². The Balaban J connectivity index is 1.96. The molecule has 2 N–H and O–H groups in total. The van der Waals surface area contributed by atoms with Crippen LogP contribution in [0.1, 0.15) is 16.9 Å². The van der Waals surface area contributed by atoms with Gasteiger partial charge in [0.05, 0.1) is 10.5 Å². The number of hydrogen-bond acceptors (Lipinski definition) is 4. The molecule has 0 amide bonds. The van der Waals surface area contributed by atoms with Gasteiger partial charge in [-0.25, -0.2) is 13.6 Å². The monoisotopic (exact) mass is 338 g/mol. The van der Waals surface area contributed by atoms with Crippen LogP contribution in [0.25, 0.3) is 11.3 Å². The molecule has 0 unspecified atom stereocenters. The van der Waals surface area contributed by atoms with Gasteiger partial charge in [0, 0.05) is 11.1 Å². The van der Waals surface area contributed by atoms with Crippen LogP contribution in [-0.4, -0.2) is 13.6 Å². The molecular weight excluding hydrogens is 324 g/mol. The van der Waals surface area contributed by atoms with Crippen molar-refractivity contribution < 1.29 is 12.9 Å². The van der Waals surface area contributed by atoms with Crippen molar-refractivity contribution in [3.8, 4) is 23.1 Å². The van der Waals surface area contributed by atoms with Crippen LogP contribution >= 0.6 is 0 Å². The van der Waals surface area contributed by atoms with Gasteiger partial charge in [0.15, 0.2) is 0 Å². The predicted molar refractivity (Wildman–Crippen MR) is 90.5 cm³/mol. The van der Waals surface area contributed by atoms with Gasteiger partial charge in [-0.2, -0.15) is 0 Å². The van der Waals surface area contributed by atoms with Crippen molar-refractivity contribution in [1.82, 2.24) is 5.16 Å². The van der Waals surface area contributed by atoms with E-state index in [1.165, 1.54) is 12.1 Å². The van der Waals surface area contributed by atoms with Crippen LogP contribution < -0.4 is 5.14 Å². The van der Waals surface area contributed by atoms with E-state index in [2.05, 4.69) is 17.0 Å². The minimum Gasteiger partial charge on any atom is -0.360 e. The summed E-state index contributed by atoms with van der Waals surface area (Å²) < 4.78 is 27.8. The lowest BCUT2D eigenvalue weighted by atomic mass is 10.1. The van der Waals surface area contributed by atoms with E-state index in [1.807, 2.05) is 30.3 Å². The molecule has 0 saturated heterocycles. The minimum absolute atomic E-state index is 0.0548. The van der Waals surface area contributed by atoms with Crippen LogP contribution in [0, 0.1) is 18.8 Å². The number of sulfonamides is 1. The number of aromatic nitrogens is 1. The van der Waals surface area contributed by atoms with E-state index < -0.39 is 10.0 Å². The molecule has 1 heterocycles. The number of nitrogens with two attached hydrogens (primary N) is 1. The molecule has 0 aliphatic carbocycles. The first-order chi connectivity index (χ1) is 11.4. The highest BCUT2D eigenvalue weighted by Gasteiger charge is 2.12. The molecule has 0 aliphatic rings. The first kappa shape index (κ1) is 16.0. The quantitative estimate of drug-likeness (QED) is 0.728. The molecule has 2 aromatic carbocycles. The van der Waals surface area contributed by atoms with Gasteiger partial charge in [-0.05, 0) is 31.2 Å². The Labute approximate surface area is 140 Å². The van der Waals surface area contributed by atoms with Gasteiger partial charge in [0.2, 0.25) is 10.0 Å². The lowest BCUT2D eigenvalue weighted by Gasteiger charge is -1.97. The molecule has 3 aromatic rings. The Morgan fingerprint density at radius 1 is 1.00 bits per heavy atom. The summed E-state index contributed by atoms with van der Waals surface area (Å²) in [6.07, 6.45) is 0. The van der Waals surface area contributed by atoms with E-state index >= 15 is 0 Å². The van der Waals surface area contributed by atoms with Crippen molar-refractivity contribution in [2.45, 2.75) is 11.8 Å². The summed E-state index contributed by atoms with van der Waals surface area (Å²) in [4.78, 5) is 0.0548. The minimum atomic E-state index is -3.70. The molecule has 0 radical (unpaired) electrons. The summed E-state index contributed by atoms with van der Waals surface area (Å²) in [7, 11) is -3.70. The van der Waals surface area contributed by atoms with Crippen LogP contribution in [0.3, 0.4) is 0 Å². The topological polar surface area (TPSA) is 86.2 Å². The molecule has 0 saturated carbocycles. The van der Waals surface area contributed by atoms with Crippen LogP contribution in [-0.2, 0) is 10.0 Å². The van der Waals surface area contributed by atoms with E-state index in [9.17, 15) is 8.42 Å². The first-order valence-corrected chi connectivity index (χ1v) is 8.66. The highest BCUT2D eigenvalue weighted by atomic mass is 32.2. The number of hydrogen-bond donors (Lipinski definition) is 1. The van der Waals surface area contributed by atoms with Crippen LogP contribution in [0.5, 0.6) is 0 Å². The highest BCUT2D eigenvalue weighted by molar-refractivity contribution is 7.89. The molecule has 5 nitrogen and oxygen atoms in total. The summed E-state index contributed by atoms with van der Waals surface area (Å²) in [6, 6.07) is 15.7. The maximum absolute atomic E-state index is 11.3. The van der Waals surface area contributed by atoms with Crippen LogP contribution in [0.15, 0.2) is 64.0 Å². The van der Waals surface area contributed by atoms with Crippen molar-refractivity contribution >= 4 is 10.0 Å². The standard InChI is InChI=1S/C18H14N2O3S/c1-13-17(18(20-23-13)15-5-3-2-4-6-15)12-9-14-7-10-16(11-8-14)24(19,21)22/h2-8,10-11H,1H3,(H2,19,21,22). The molecule has 0 bridgehead atoms. The van der Waals surface area contributed by atoms with Gasteiger partial charge in [0.25, 0.3) is 0 Å². The molecule has 0 aliphatic heterocycles. The van der Waals surface area contributed by atoms with E-state index in [0.29, 0.717) is 22.6 Å². The Bertz CT molecular complexity index is 1030. The van der Waals surface area contributed by atoms with Crippen LogP contribution in [0.4, 0.5) is 0 Å². The lowest BCUT2D eigenvalue weighted by Crippen LogP contribution is -2.11. The lowest BCUT2D eigenvalue weighted by molar-refractivity contribution is 0.399. The maximum atomic E-state index is 11.3. The van der Waals surface area contributed by atoms with Gasteiger partial charge >= 0.3 is 0 Å².